The fourth-order valence-corrected chi connectivity index (χ4v) is 2.78. The van der Waals surface area contributed by atoms with Gasteiger partial charge in [0.1, 0.15) is 17.5 Å². The zero-order valence-corrected chi connectivity index (χ0v) is 16.4. The van der Waals surface area contributed by atoms with Gasteiger partial charge >= 0.3 is 0 Å². The summed E-state index contributed by atoms with van der Waals surface area (Å²) in [5, 5.41) is 6.54. The van der Waals surface area contributed by atoms with Crippen LogP contribution in [0, 0.1) is 0 Å². The number of ether oxygens (including phenoxy) is 2. The predicted octanol–water partition coefficient (Wildman–Crippen LogP) is 5.58. The molecular formula is C22H21ClN2O3. The molecule has 0 fully saturated rings. The summed E-state index contributed by atoms with van der Waals surface area (Å²) in [5.41, 5.74) is 1.23. The number of hydrogen-bond acceptors (Lipinski definition) is 4. The average Bonchev–Trinajstić information content (AvgIpc) is 2.70. The summed E-state index contributed by atoms with van der Waals surface area (Å²) in [7, 11) is 1.54. The number of amides is 1. The van der Waals surface area contributed by atoms with Crippen molar-refractivity contribution in [1.29, 1.82) is 0 Å². The topological polar surface area (TPSA) is 59.6 Å². The van der Waals surface area contributed by atoms with Crippen molar-refractivity contribution >= 4 is 28.9 Å². The molecule has 0 saturated heterocycles. The second-order valence-corrected chi connectivity index (χ2v) is 6.55. The minimum absolute atomic E-state index is 0.227. The molecule has 28 heavy (non-hydrogen) atoms. The maximum absolute atomic E-state index is 12.7. The van der Waals surface area contributed by atoms with E-state index < -0.39 is 6.04 Å². The van der Waals surface area contributed by atoms with Crippen LogP contribution < -0.4 is 20.1 Å². The second kappa shape index (κ2) is 9.15. The van der Waals surface area contributed by atoms with E-state index in [0.29, 0.717) is 27.9 Å². The third-order valence-corrected chi connectivity index (χ3v) is 4.28. The van der Waals surface area contributed by atoms with E-state index in [0.717, 1.165) is 5.75 Å². The molecular weight excluding hydrogens is 376 g/mol. The number of benzene rings is 3. The van der Waals surface area contributed by atoms with Crippen LogP contribution in [0.2, 0.25) is 5.02 Å². The largest absolute Gasteiger partial charge is 0.495 e. The summed E-state index contributed by atoms with van der Waals surface area (Å²) >= 11 is 6.03. The molecule has 0 aromatic heterocycles. The molecule has 3 aromatic carbocycles. The van der Waals surface area contributed by atoms with E-state index in [2.05, 4.69) is 10.6 Å². The van der Waals surface area contributed by atoms with Gasteiger partial charge in [-0.2, -0.15) is 0 Å². The Hall–Kier alpha value is -3.18. The molecule has 3 rings (SSSR count). The highest BCUT2D eigenvalue weighted by Gasteiger charge is 2.17. The average molecular weight is 397 g/mol. The van der Waals surface area contributed by atoms with Gasteiger partial charge < -0.3 is 20.1 Å². The van der Waals surface area contributed by atoms with Gasteiger partial charge in [-0.15, -0.1) is 0 Å². The first kappa shape index (κ1) is 19.6. The van der Waals surface area contributed by atoms with Crippen LogP contribution in [0.3, 0.4) is 0 Å². The summed E-state index contributed by atoms with van der Waals surface area (Å²) in [6.45, 7) is 1.77. The quantitative estimate of drug-likeness (QED) is 0.547. The van der Waals surface area contributed by atoms with Gasteiger partial charge in [0, 0.05) is 5.02 Å². The maximum atomic E-state index is 12.7. The van der Waals surface area contributed by atoms with E-state index in [-0.39, 0.29) is 5.91 Å². The number of anilines is 2. The molecule has 0 aliphatic rings. The molecule has 2 N–H and O–H groups in total. The van der Waals surface area contributed by atoms with Crippen molar-refractivity contribution in [2.45, 2.75) is 13.0 Å². The molecule has 0 aliphatic carbocycles. The standard InChI is InChI=1S/C22H21ClN2O3/c1-15(22(26)25-19-14-16(23)12-13-20(19)27-2)24-18-10-6-7-11-21(18)28-17-8-4-3-5-9-17/h3-15,24H,1-2H3,(H,25,26). The minimum atomic E-state index is -0.524. The summed E-state index contributed by atoms with van der Waals surface area (Å²) in [6.07, 6.45) is 0. The van der Waals surface area contributed by atoms with Crippen LogP contribution in [0.15, 0.2) is 72.8 Å². The highest BCUT2D eigenvalue weighted by Crippen LogP contribution is 2.30. The molecule has 1 unspecified atom stereocenters. The zero-order chi connectivity index (χ0) is 19.9. The lowest BCUT2D eigenvalue weighted by Gasteiger charge is -2.19. The third-order valence-electron chi connectivity index (χ3n) is 4.04. The van der Waals surface area contributed by atoms with E-state index in [1.54, 1.807) is 25.1 Å². The number of carbonyl (C=O) groups is 1. The molecule has 5 nitrogen and oxygen atoms in total. The Kier molecular flexibility index (Phi) is 6.40. The van der Waals surface area contributed by atoms with Crippen LogP contribution in [0.5, 0.6) is 17.2 Å². The first-order valence-electron chi connectivity index (χ1n) is 8.79. The highest BCUT2D eigenvalue weighted by atomic mass is 35.5. The molecule has 0 aliphatic heterocycles. The van der Waals surface area contributed by atoms with Gasteiger partial charge in [-0.05, 0) is 49.4 Å². The van der Waals surface area contributed by atoms with Crippen LogP contribution in [0.1, 0.15) is 6.92 Å². The van der Waals surface area contributed by atoms with Crippen LogP contribution >= 0.6 is 11.6 Å². The van der Waals surface area contributed by atoms with Crippen molar-refractivity contribution in [2.24, 2.45) is 0 Å². The van der Waals surface area contributed by atoms with E-state index in [1.807, 2.05) is 54.6 Å². The van der Waals surface area contributed by atoms with Crippen LogP contribution in [0.4, 0.5) is 11.4 Å². The van der Waals surface area contributed by atoms with E-state index in [4.69, 9.17) is 21.1 Å². The van der Waals surface area contributed by atoms with E-state index in [9.17, 15) is 4.79 Å². The van der Waals surface area contributed by atoms with Gasteiger partial charge in [0.2, 0.25) is 5.91 Å². The SMILES string of the molecule is COc1ccc(Cl)cc1NC(=O)C(C)Nc1ccccc1Oc1ccccc1. The number of halogens is 1. The Morgan fingerprint density at radius 3 is 2.39 bits per heavy atom. The normalized spacial score (nSPS) is 11.4. The van der Waals surface area contributed by atoms with Gasteiger partial charge in [0.15, 0.2) is 5.75 Å². The number of carbonyl (C=O) groups excluding carboxylic acids is 1. The lowest BCUT2D eigenvalue weighted by atomic mass is 10.2. The molecule has 3 aromatic rings. The molecule has 6 heteroatoms. The molecule has 1 amide bonds. The minimum Gasteiger partial charge on any atom is -0.495 e. The number of hydrogen-bond donors (Lipinski definition) is 2. The summed E-state index contributed by atoms with van der Waals surface area (Å²) in [6, 6.07) is 21.5. The van der Waals surface area contributed by atoms with Crippen molar-refractivity contribution in [3.63, 3.8) is 0 Å². The molecule has 0 spiro atoms. The number of para-hydroxylation sites is 3. The predicted molar refractivity (Wildman–Crippen MR) is 113 cm³/mol. The monoisotopic (exact) mass is 396 g/mol. The smallest absolute Gasteiger partial charge is 0.246 e. The number of rotatable bonds is 7. The van der Waals surface area contributed by atoms with Crippen molar-refractivity contribution in [3.05, 3.63) is 77.8 Å². The molecule has 1 atom stereocenters. The third kappa shape index (κ3) is 4.96. The molecule has 0 radical (unpaired) electrons. The number of methoxy groups -OCH3 is 1. The van der Waals surface area contributed by atoms with Crippen molar-refractivity contribution in [3.8, 4) is 17.2 Å². The van der Waals surface area contributed by atoms with E-state index >= 15 is 0 Å². The van der Waals surface area contributed by atoms with Gasteiger partial charge in [-0.3, -0.25) is 4.79 Å². The van der Waals surface area contributed by atoms with Crippen LogP contribution in [-0.2, 0) is 4.79 Å². The van der Waals surface area contributed by atoms with Crippen molar-refractivity contribution in [1.82, 2.24) is 0 Å². The van der Waals surface area contributed by atoms with E-state index in [1.165, 1.54) is 7.11 Å². The maximum Gasteiger partial charge on any atom is 0.246 e. The summed E-state index contributed by atoms with van der Waals surface area (Å²) < 4.78 is 11.2. The lowest BCUT2D eigenvalue weighted by molar-refractivity contribution is -0.116. The fourth-order valence-electron chi connectivity index (χ4n) is 2.61. The first-order chi connectivity index (χ1) is 13.6. The first-order valence-corrected chi connectivity index (χ1v) is 9.17. The van der Waals surface area contributed by atoms with Crippen molar-refractivity contribution in [2.75, 3.05) is 17.7 Å². The Bertz CT molecular complexity index is 948. The summed E-state index contributed by atoms with van der Waals surface area (Å²) in [5.74, 6) is 1.67. The van der Waals surface area contributed by atoms with Crippen LogP contribution in [-0.4, -0.2) is 19.1 Å². The Morgan fingerprint density at radius 2 is 1.64 bits per heavy atom. The lowest BCUT2D eigenvalue weighted by Crippen LogP contribution is -2.32. The van der Waals surface area contributed by atoms with Gasteiger partial charge in [0.05, 0.1) is 18.5 Å². The van der Waals surface area contributed by atoms with Gasteiger partial charge in [-0.1, -0.05) is 41.9 Å². The summed E-state index contributed by atoms with van der Waals surface area (Å²) in [4.78, 5) is 12.7. The molecule has 0 bridgehead atoms. The highest BCUT2D eigenvalue weighted by molar-refractivity contribution is 6.31. The fraction of sp³-hybridized carbons (Fsp3) is 0.136. The second-order valence-electron chi connectivity index (χ2n) is 6.11. The van der Waals surface area contributed by atoms with Gasteiger partial charge in [0.25, 0.3) is 0 Å². The van der Waals surface area contributed by atoms with Gasteiger partial charge in [-0.25, -0.2) is 0 Å². The molecule has 0 heterocycles. The number of nitrogens with one attached hydrogen (secondary N) is 2. The molecule has 0 saturated carbocycles. The Morgan fingerprint density at radius 1 is 0.929 bits per heavy atom. The van der Waals surface area contributed by atoms with Crippen LogP contribution in [0.25, 0.3) is 0 Å². The van der Waals surface area contributed by atoms with Crippen molar-refractivity contribution < 1.29 is 14.3 Å². The Labute approximate surface area is 169 Å². The Balaban J connectivity index is 1.72. The zero-order valence-electron chi connectivity index (χ0n) is 15.6. The molecule has 144 valence electrons.